The van der Waals surface area contributed by atoms with Gasteiger partial charge in [0, 0.05) is 39.9 Å². The summed E-state index contributed by atoms with van der Waals surface area (Å²) in [6.45, 7) is 3.74. The topological polar surface area (TPSA) is 55.9 Å². The Bertz CT molecular complexity index is 2980. The maximum Gasteiger partial charge on any atom is 0.245 e. The summed E-state index contributed by atoms with van der Waals surface area (Å²) in [5.41, 5.74) is 10.1. The molecule has 0 aliphatic rings. The lowest BCUT2D eigenvalue weighted by Crippen LogP contribution is -1.92. The van der Waals surface area contributed by atoms with Crippen molar-refractivity contribution in [2.45, 2.75) is 6.42 Å². The van der Waals surface area contributed by atoms with Crippen LogP contribution in [0.15, 0.2) is 164 Å². The van der Waals surface area contributed by atoms with Crippen LogP contribution in [0.5, 0.6) is 0 Å². The van der Waals surface area contributed by atoms with Crippen LogP contribution in [0.1, 0.15) is 5.56 Å². The number of hydrogen-bond donors (Lipinski definition) is 0. The van der Waals surface area contributed by atoms with Gasteiger partial charge in [0.15, 0.2) is 0 Å². The maximum absolute atomic E-state index is 6.48. The molecule has 0 spiro atoms. The molecule has 236 valence electrons. The minimum Gasteiger partial charge on any atom is -0.456 e. The van der Waals surface area contributed by atoms with Gasteiger partial charge in [-0.2, -0.15) is 0 Å². The van der Waals surface area contributed by atoms with E-state index in [4.69, 9.17) is 13.8 Å². The van der Waals surface area contributed by atoms with Crippen molar-refractivity contribution < 1.29 is 8.83 Å². The summed E-state index contributed by atoms with van der Waals surface area (Å²) >= 11 is 0. The fraction of sp³-hybridized carbons (Fsp3) is 0.0222. The predicted molar refractivity (Wildman–Crippen MR) is 208 cm³/mol. The lowest BCUT2D eigenvalue weighted by atomic mass is 9.99. The van der Waals surface area contributed by atoms with Crippen molar-refractivity contribution in [1.82, 2.24) is 4.57 Å². The van der Waals surface area contributed by atoms with E-state index in [0.717, 1.165) is 66.1 Å². The smallest absolute Gasteiger partial charge is 0.245 e. The third kappa shape index (κ3) is 4.34. The molecular weight excluding hydrogens is 615 g/mol. The van der Waals surface area contributed by atoms with Crippen molar-refractivity contribution in [3.05, 3.63) is 151 Å². The molecule has 7 aromatic carbocycles. The first-order chi connectivity index (χ1) is 24.7. The SMILES string of the molecule is C=Nc1oc2ccc3ccccc3c2c1/N=C\Cc1cccc2oc3cc(-c4ccc5c(c4)c4ccccc4n5-c4ccccc4)ccc3c12. The van der Waals surface area contributed by atoms with Gasteiger partial charge in [0.25, 0.3) is 0 Å². The van der Waals surface area contributed by atoms with Gasteiger partial charge < -0.3 is 13.4 Å². The molecule has 0 fully saturated rings. The summed E-state index contributed by atoms with van der Waals surface area (Å²) in [7, 11) is 0. The van der Waals surface area contributed by atoms with Gasteiger partial charge in [-0.1, -0.05) is 91.0 Å². The lowest BCUT2D eigenvalue weighted by molar-refractivity contribution is 0.627. The molecule has 0 amide bonds. The van der Waals surface area contributed by atoms with Crippen molar-refractivity contribution in [1.29, 1.82) is 0 Å². The highest BCUT2D eigenvalue weighted by atomic mass is 16.3. The minimum absolute atomic E-state index is 0.426. The number of nitrogens with zero attached hydrogens (tertiary/aromatic N) is 3. The first kappa shape index (κ1) is 28.3. The van der Waals surface area contributed by atoms with Crippen molar-refractivity contribution in [3.63, 3.8) is 0 Å². The van der Waals surface area contributed by atoms with Crippen LogP contribution in [0.3, 0.4) is 0 Å². The molecular formula is C45H29N3O2. The molecule has 5 heteroatoms. The molecule has 3 aromatic heterocycles. The molecule has 0 aliphatic heterocycles. The zero-order valence-corrected chi connectivity index (χ0v) is 27.0. The van der Waals surface area contributed by atoms with Gasteiger partial charge in [0.05, 0.1) is 16.4 Å². The predicted octanol–water partition coefficient (Wildman–Crippen LogP) is 12.5. The number of aliphatic imine (C=N–C) groups is 2. The minimum atomic E-state index is 0.426. The highest BCUT2D eigenvalue weighted by molar-refractivity contribution is 6.15. The fourth-order valence-electron chi connectivity index (χ4n) is 7.56. The summed E-state index contributed by atoms with van der Waals surface area (Å²) in [4.78, 5) is 9.07. The molecule has 0 atom stereocenters. The third-order valence-electron chi connectivity index (χ3n) is 9.82. The van der Waals surface area contributed by atoms with E-state index in [-0.39, 0.29) is 0 Å². The third-order valence-corrected chi connectivity index (χ3v) is 9.82. The van der Waals surface area contributed by atoms with Gasteiger partial charge in [-0.15, -0.1) is 0 Å². The average Bonchev–Trinajstić information content (AvgIpc) is 3.84. The molecule has 0 saturated heterocycles. The van der Waals surface area contributed by atoms with Crippen LogP contribution >= 0.6 is 0 Å². The number of rotatable bonds is 6. The summed E-state index contributed by atoms with van der Waals surface area (Å²) < 4.78 is 14.9. The summed E-state index contributed by atoms with van der Waals surface area (Å²) in [5.74, 6) is 0.426. The van der Waals surface area contributed by atoms with E-state index < -0.39 is 0 Å². The summed E-state index contributed by atoms with van der Waals surface area (Å²) in [6.07, 6.45) is 2.55. The monoisotopic (exact) mass is 643 g/mol. The summed E-state index contributed by atoms with van der Waals surface area (Å²) in [5, 5.41) is 7.80. The first-order valence-electron chi connectivity index (χ1n) is 16.7. The Balaban J connectivity index is 1.03. The highest BCUT2D eigenvalue weighted by Gasteiger charge is 2.17. The van der Waals surface area contributed by atoms with Crippen LogP contribution < -0.4 is 0 Å². The van der Waals surface area contributed by atoms with Gasteiger partial charge in [0.2, 0.25) is 5.88 Å². The van der Waals surface area contributed by atoms with Crippen LogP contribution in [0, 0.1) is 0 Å². The number of furan rings is 2. The van der Waals surface area contributed by atoms with E-state index in [0.29, 0.717) is 18.0 Å². The molecule has 0 aliphatic carbocycles. The average molecular weight is 644 g/mol. The van der Waals surface area contributed by atoms with Crippen LogP contribution in [0.4, 0.5) is 11.6 Å². The van der Waals surface area contributed by atoms with Crippen LogP contribution in [0.2, 0.25) is 0 Å². The molecule has 3 heterocycles. The van der Waals surface area contributed by atoms with Crippen LogP contribution in [0.25, 0.3) is 82.3 Å². The van der Waals surface area contributed by atoms with E-state index >= 15 is 0 Å². The molecule has 10 aromatic rings. The maximum atomic E-state index is 6.48. The molecule has 0 saturated carbocycles. The van der Waals surface area contributed by atoms with Crippen LogP contribution in [-0.4, -0.2) is 17.5 Å². The number of benzene rings is 7. The van der Waals surface area contributed by atoms with Crippen LogP contribution in [-0.2, 0) is 6.42 Å². The van der Waals surface area contributed by atoms with Gasteiger partial charge >= 0.3 is 0 Å². The molecule has 0 bridgehead atoms. The standard InChI is InChI=1S/C45H29N3O2/c1-46-45-44(43-33-14-6-5-10-28(33)20-23-40(43)50-45)47-25-24-29-11-9-17-39-42(29)35-21-18-31(27-41(35)49-39)30-19-22-38-36(26-30)34-15-7-8-16-37(34)48(38)32-12-3-2-4-13-32/h2-23,25-27H,1,24H2/b47-25-. The van der Waals surface area contributed by atoms with Crippen molar-refractivity contribution in [2.75, 3.05) is 0 Å². The Morgan fingerprint density at radius 3 is 2.22 bits per heavy atom. The zero-order valence-electron chi connectivity index (χ0n) is 27.0. The van der Waals surface area contributed by atoms with Gasteiger partial charge in [0.1, 0.15) is 22.4 Å². The Kier molecular flexibility index (Phi) is 6.33. The molecule has 10 rings (SSSR count). The van der Waals surface area contributed by atoms with E-state index in [1.807, 2.05) is 36.5 Å². The molecule has 5 nitrogen and oxygen atoms in total. The Morgan fingerprint density at radius 1 is 0.560 bits per heavy atom. The van der Waals surface area contributed by atoms with E-state index in [2.05, 4.69) is 132 Å². The van der Waals surface area contributed by atoms with Crippen molar-refractivity contribution in [2.24, 2.45) is 9.98 Å². The van der Waals surface area contributed by atoms with E-state index in [1.165, 1.54) is 21.8 Å². The molecule has 0 N–H and O–H groups in total. The second kappa shape index (κ2) is 11.2. The number of aromatic nitrogens is 1. The number of para-hydroxylation sites is 2. The fourth-order valence-corrected chi connectivity index (χ4v) is 7.56. The van der Waals surface area contributed by atoms with Gasteiger partial charge in [-0.3, -0.25) is 4.99 Å². The van der Waals surface area contributed by atoms with Gasteiger partial charge in [-0.05, 0) is 88.8 Å². The lowest BCUT2D eigenvalue weighted by Gasteiger charge is -2.08. The first-order valence-corrected chi connectivity index (χ1v) is 16.7. The Labute approximate surface area is 287 Å². The summed E-state index contributed by atoms with van der Waals surface area (Å²) in [6, 6.07) is 51.0. The second-order valence-electron chi connectivity index (χ2n) is 12.6. The normalized spacial score (nSPS) is 12.1. The van der Waals surface area contributed by atoms with Crippen molar-refractivity contribution >= 4 is 90.0 Å². The Morgan fingerprint density at radius 2 is 1.32 bits per heavy atom. The number of fused-ring (bicyclic) bond motifs is 9. The van der Waals surface area contributed by atoms with E-state index in [1.54, 1.807) is 0 Å². The Hall–Kier alpha value is -6.72. The second-order valence-corrected chi connectivity index (χ2v) is 12.6. The molecule has 0 radical (unpaired) electrons. The largest absolute Gasteiger partial charge is 0.456 e. The van der Waals surface area contributed by atoms with Gasteiger partial charge in [-0.25, -0.2) is 4.99 Å². The van der Waals surface area contributed by atoms with E-state index in [9.17, 15) is 0 Å². The number of hydrogen-bond acceptors (Lipinski definition) is 4. The zero-order chi connectivity index (χ0) is 33.2. The quantitative estimate of drug-likeness (QED) is 0.169. The molecule has 0 unspecified atom stereocenters. The molecule has 50 heavy (non-hydrogen) atoms. The highest BCUT2D eigenvalue weighted by Crippen LogP contribution is 2.43. The van der Waals surface area contributed by atoms with Crippen molar-refractivity contribution in [3.8, 4) is 16.8 Å².